The van der Waals surface area contributed by atoms with Crippen LogP contribution in [0, 0.1) is 0 Å². The van der Waals surface area contributed by atoms with Crippen LogP contribution in [-0.4, -0.2) is 61.3 Å². The van der Waals surface area contributed by atoms with Crippen molar-refractivity contribution in [1.82, 2.24) is 0 Å². The molecule has 0 fully saturated rings. The second kappa shape index (κ2) is 15.4. The van der Waals surface area contributed by atoms with Gasteiger partial charge in [0.15, 0.2) is 69.0 Å². The van der Waals surface area contributed by atoms with Gasteiger partial charge in [0, 0.05) is 0 Å². The monoisotopic (exact) mass is 990 g/mol. The van der Waals surface area contributed by atoms with Crippen LogP contribution in [0.4, 0.5) is 0 Å². The highest BCUT2D eigenvalue weighted by Gasteiger charge is 2.61. The maximum absolute atomic E-state index is 11.7. The number of phenols is 12. The Balaban J connectivity index is 1.40. The van der Waals surface area contributed by atoms with E-state index in [9.17, 15) is 61.3 Å². The molecule has 12 nitrogen and oxygen atoms in total. The summed E-state index contributed by atoms with van der Waals surface area (Å²) in [6.07, 6.45) is 0. The molecule has 10 aromatic carbocycles. The normalized spacial score (nSPS) is 14.6. The van der Waals surface area contributed by atoms with Crippen LogP contribution in [-0.2, 0) is 16.2 Å². The lowest BCUT2D eigenvalue weighted by molar-refractivity contribution is 0.401. The molecule has 0 aliphatic heterocycles. The fraction of sp³-hybridized carbons (Fsp3) is 0.0476. The van der Waals surface area contributed by atoms with E-state index in [4.69, 9.17) is 0 Å². The van der Waals surface area contributed by atoms with E-state index in [0.29, 0.717) is 100 Å². The van der Waals surface area contributed by atoms with Gasteiger partial charge in [0.1, 0.15) is 0 Å². The number of hydrogen-bond donors (Lipinski definition) is 12. The first-order chi connectivity index (χ1) is 36.1. The Labute approximate surface area is 427 Å². The van der Waals surface area contributed by atoms with Gasteiger partial charge in [0.05, 0.1) is 16.2 Å². The molecule has 0 saturated carbocycles. The Morgan fingerprint density at radius 1 is 0.200 bits per heavy atom. The summed E-state index contributed by atoms with van der Waals surface area (Å²) in [4.78, 5) is 0. The van der Waals surface area contributed by atoms with E-state index < -0.39 is 85.2 Å². The summed E-state index contributed by atoms with van der Waals surface area (Å²) in [5.41, 5.74) is 4.80. The van der Waals surface area contributed by atoms with Gasteiger partial charge >= 0.3 is 0 Å². The Bertz CT molecular complexity index is 3540. The lowest BCUT2D eigenvalue weighted by Gasteiger charge is -2.40. The van der Waals surface area contributed by atoms with Crippen molar-refractivity contribution in [3.63, 3.8) is 0 Å². The number of fused-ring (bicyclic) bond motifs is 12. The van der Waals surface area contributed by atoms with E-state index in [1.807, 2.05) is 72.8 Å². The molecular formula is C63H42O12. The molecule has 366 valence electrons. The molecule has 0 bridgehead atoms. The zero-order valence-electron chi connectivity index (χ0n) is 39.2. The van der Waals surface area contributed by atoms with E-state index in [0.717, 1.165) is 0 Å². The molecule has 0 saturated heterocycles. The number of phenolic OH excluding ortho intramolecular Hbond substituents is 12. The minimum Gasteiger partial charge on any atom is -0.504 e. The molecule has 0 aromatic heterocycles. The Hall–Kier alpha value is -10.2. The third kappa shape index (κ3) is 5.59. The number of hydrogen-bond acceptors (Lipinski definition) is 12. The van der Waals surface area contributed by atoms with Crippen LogP contribution in [0.2, 0.25) is 0 Å². The van der Waals surface area contributed by atoms with Gasteiger partial charge < -0.3 is 61.3 Å². The zero-order chi connectivity index (χ0) is 52.0. The van der Waals surface area contributed by atoms with Crippen LogP contribution in [0.1, 0.15) is 66.8 Å². The number of rotatable bonds is 6. The largest absolute Gasteiger partial charge is 0.504 e. The molecule has 12 heteroatoms. The molecule has 12 N–H and O–H groups in total. The highest BCUT2D eigenvalue weighted by molar-refractivity contribution is 6.09. The summed E-state index contributed by atoms with van der Waals surface area (Å²) >= 11 is 0. The standard InChI is InChI=1S/C63H42O12/c64-43-19-13-31(25-49(43)70)61(32-14-20-44(65)50(71)26-32)40-10-4-1-7-37(40)55-58(61)56-39-9-3-6-12-42(39)63(35-17-23-47(68)53(74)29-35,36-18-24-48(69)54(75)30-36)60(56)57-38-8-2-5-11-41(38)62(59(55)57,33-15-21-45(66)51(72)27-33)34-16-22-46(67)52(73)28-34/h1-30,64-75H. The van der Waals surface area contributed by atoms with Crippen LogP contribution in [0.15, 0.2) is 182 Å². The van der Waals surface area contributed by atoms with Gasteiger partial charge in [-0.1, -0.05) is 109 Å². The molecule has 10 aromatic rings. The molecule has 0 spiro atoms. The van der Waals surface area contributed by atoms with Gasteiger partial charge in [0.25, 0.3) is 0 Å². The molecule has 0 atom stereocenters. The molecule has 3 aliphatic rings. The van der Waals surface area contributed by atoms with Crippen molar-refractivity contribution in [2.45, 2.75) is 16.2 Å². The molecule has 0 radical (unpaired) electrons. The second-order valence-corrected chi connectivity index (χ2v) is 19.4. The summed E-state index contributed by atoms with van der Waals surface area (Å²) in [6.45, 7) is 0. The lowest BCUT2D eigenvalue weighted by atomic mass is 9.61. The summed E-state index contributed by atoms with van der Waals surface area (Å²) in [5, 5.41) is 136. The second-order valence-electron chi connectivity index (χ2n) is 19.4. The highest BCUT2D eigenvalue weighted by Crippen LogP contribution is 2.73. The quantitative estimate of drug-likeness (QED) is 0.0696. The van der Waals surface area contributed by atoms with Gasteiger partial charge in [-0.15, -0.1) is 0 Å². The topological polar surface area (TPSA) is 243 Å². The van der Waals surface area contributed by atoms with Crippen molar-refractivity contribution in [2.75, 3.05) is 0 Å². The Morgan fingerprint density at radius 2 is 0.387 bits per heavy atom. The van der Waals surface area contributed by atoms with Gasteiger partial charge in [-0.2, -0.15) is 0 Å². The van der Waals surface area contributed by atoms with Crippen molar-refractivity contribution < 1.29 is 61.3 Å². The van der Waals surface area contributed by atoms with E-state index in [2.05, 4.69) is 0 Å². The third-order valence-corrected chi connectivity index (χ3v) is 15.9. The molecule has 3 aliphatic carbocycles. The minimum absolute atomic E-state index is 0.404. The predicted molar refractivity (Wildman–Crippen MR) is 278 cm³/mol. The summed E-state index contributed by atoms with van der Waals surface area (Å²) in [6, 6.07) is 49.8. The molecular weight excluding hydrogens is 949 g/mol. The smallest absolute Gasteiger partial charge is 0.157 e. The van der Waals surface area contributed by atoms with Gasteiger partial charge in [0.2, 0.25) is 0 Å². The van der Waals surface area contributed by atoms with Crippen molar-refractivity contribution in [2.24, 2.45) is 0 Å². The summed E-state index contributed by atoms with van der Waals surface area (Å²) in [7, 11) is 0. The molecule has 0 amide bonds. The summed E-state index contributed by atoms with van der Waals surface area (Å²) < 4.78 is 0. The molecule has 0 heterocycles. The number of benzene rings is 10. The van der Waals surface area contributed by atoms with E-state index in [-0.39, 0.29) is 0 Å². The van der Waals surface area contributed by atoms with Crippen molar-refractivity contribution in [3.05, 3.63) is 249 Å². The fourth-order valence-electron chi connectivity index (χ4n) is 13.0. The highest BCUT2D eigenvalue weighted by atomic mass is 16.3. The zero-order valence-corrected chi connectivity index (χ0v) is 39.2. The maximum Gasteiger partial charge on any atom is 0.157 e. The van der Waals surface area contributed by atoms with E-state index >= 15 is 0 Å². The van der Waals surface area contributed by atoms with E-state index in [1.54, 1.807) is 36.4 Å². The number of aromatic hydroxyl groups is 12. The van der Waals surface area contributed by atoms with Gasteiger partial charge in [-0.05, 0) is 173 Å². The minimum atomic E-state index is -1.63. The molecule has 13 rings (SSSR count). The Morgan fingerprint density at radius 3 is 0.573 bits per heavy atom. The first kappa shape index (κ1) is 44.7. The first-order valence-electron chi connectivity index (χ1n) is 23.8. The maximum atomic E-state index is 11.7. The summed E-state index contributed by atoms with van der Waals surface area (Å²) in [5.74, 6) is -5.26. The SMILES string of the molecule is Oc1ccc(C2(c3ccc(O)c(O)c3)c3ccccc3-c3c2c2c(c4c3C(c3ccc(O)c(O)c3)(c3ccc(O)c(O)c3)c3ccccc3-4)C(c3ccc(O)c(O)c3)(c3ccc(O)c(O)c3)c3ccccc3-2)cc1O. The van der Waals surface area contributed by atoms with Crippen LogP contribution in [0.3, 0.4) is 0 Å². The van der Waals surface area contributed by atoms with Crippen LogP contribution < -0.4 is 0 Å². The first-order valence-corrected chi connectivity index (χ1v) is 23.8. The molecule has 0 unspecified atom stereocenters. The van der Waals surface area contributed by atoms with Crippen molar-refractivity contribution >= 4 is 0 Å². The van der Waals surface area contributed by atoms with Crippen molar-refractivity contribution in [1.29, 1.82) is 0 Å². The average molecular weight is 991 g/mol. The van der Waals surface area contributed by atoms with Gasteiger partial charge in [-0.25, -0.2) is 0 Å². The third-order valence-electron chi connectivity index (χ3n) is 15.9. The molecule has 75 heavy (non-hydrogen) atoms. The van der Waals surface area contributed by atoms with Crippen LogP contribution in [0.25, 0.3) is 33.4 Å². The lowest BCUT2D eigenvalue weighted by Crippen LogP contribution is -2.33. The average Bonchev–Trinajstić information content (AvgIpc) is 4.21. The Kier molecular flexibility index (Phi) is 9.19. The van der Waals surface area contributed by atoms with E-state index in [1.165, 1.54) is 72.8 Å². The van der Waals surface area contributed by atoms with Gasteiger partial charge in [-0.3, -0.25) is 0 Å². The fourth-order valence-corrected chi connectivity index (χ4v) is 13.0. The van der Waals surface area contributed by atoms with Crippen molar-refractivity contribution in [3.8, 4) is 102 Å². The van der Waals surface area contributed by atoms with Crippen LogP contribution >= 0.6 is 0 Å². The van der Waals surface area contributed by atoms with Crippen LogP contribution in [0.5, 0.6) is 69.0 Å². The predicted octanol–water partition coefficient (Wildman–Crippen LogP) is 11.2.